The van der Waals surface area contributed by atoms with E-state index in [9.17, 15) is 0 Å². The molecule has 1 aliphatic rings. The summed E-state index contributed by atoms with van der Waals surface area (Å²) in [6, 6.07) is 13.7. The molecule has 2 heterocycles. The van der Waals surface area contributed by atoms with Crippen LogP contribution in [0.1, 0.15) is 18.7 Å². The van der Waals surface area contributed by atoms with Crippen molar-refractivity contribution >= 4 is 17.3 Å². The molecule has 3 aromatic rings. The molecule has 0 saturated carbocycles. The van der Waals surface area contributed by atoms with E-state index >= 15 is 0 Å². The fourth-order valence-electron chi connectivity index (χ4n) is 3.00. The Morgan fingerprint density at radius 1 is 1.21 bits per heavy atom. The normalized spacial score (nSPS) is 15.9. The zero-order valence-corrected chi connectivity index (χ0v) is 14.2. The van der Waals surface area contributed by atoms with Crippen LogP contribution in [0.15, 0.2) is 42.5 Å². The van der Waals surface area contributed by atoms with E-state index in [0.29, 0.717) is 5.02 Å². The number of hydrogen-bond donors (Lipinski definition) is 1. The van der Waals surface area contributed by atoms with E-state index in [4.69, 9.17) is 16.3 Å². The van der Waals surface area contributed by atoms with Gasteiger partial charge in [-0.15, -0.1) is 10.2 Å². The molecular weight excluding hydrogens is 324 g/mol. The van der Waals surface area contributed by atoms with Gasteiger partial charge in [-0.25, -0.2) is 0 Å². The van der Waals surface area contributed by atoms with Gasteiger partial charge >= 0.3 is 0 Å². The Morgan fingerprint density at radius 2 is 2.08 bits per heavy atom. The monoisotopic (exact) mass is 340 g/mol. The summed E-state index contributed by atoms with van der Waals surface area (Å²) in [5, 5.41) is 13.0. The lowest BCUT2D eigenvalue weighted by molar-refractivity contribution is 0.415. The van der Waals surface area contributed by atoms with E-state index < -0.39 is 0 Å². The van der Waals surface area contributed by atoms with Crippen molar-refractivity contribution in [3.63, 3.8) is 0 Å². The molecule has 6 heteroatoms. The highest BCUT2D eigenvalue weighted by Crippen LogP contribution is 2.35. The molecule has 24 heavy (non-hydrogen) atoms. The Balaban J connectivity index is 1.97. The second kappa shape index (κ2) is 5.83. The quantitative estimate of drug-likeness (QED) is 0.762. The minimum Gasteiger partial charge on any atom is -0.497 e. The zero-order valence-electron chi connectivity index (χ0n) is 13.5. The van der Waals surface area contributed by atoms with Crippen LogP contribution in [0.4, 0.5) is 5.69 Å². The van der Waals surface area contributed by atoms with Crippen molar-refractivity contribution in [2.24, 2.45) is 0 Å². The number of aromatic nitrogens is 3. The van der Waals surface area contributed by atoms with Crippen molar-refractivity contribution in [3.05, 3.63) is 53.3 Å². The largest absolute Gasteiger partial charge is 0.497 e. The molecule has 0 amide bonds. The number of nitrogens with one attached hydrogen (secondary N) is 1. The zero-order chi connectivity index (χ0) is 16.7. The Hall–Kier alpha value is -2.53. The highest BCUT2D eigenvalue weighted by molar-refractivity contribution is 6.30. The number of nitrogens with zero attached hydrogens (tertiary/aromatic N) is 3. The molecule has 1 atom stereocenters. The van der Waals surface area contributed by atoms with E-state index in [-0.39, 0.29) is 5.92 Å². The first kappa shape index (κ1) is 15.0. The third-order valence-corrected chi connectivity index (χ3v) is 4.49. The number of anilines is 1. The lowest BCUT2D eigenvalue weighted by Gasteiger charge is -2.13. The first-order chi connectivity index (χ1) is 11.7. The van der Waals surface area contributed by atoms with Gasteiger partial charge in [0.1, 0.15) is 11.6 Å². The SMILES string of the molecule is COc1cccc(-c2nnc3n2-c2cc(Cl)ccc2NCC3C)c1. The van der Waals surface area contributed by atoms with Gasteiger partial charge in [0, 0.05) is 23.0 Å². The third-order valence-electron chi connectivity index (χ3n) is 4.26. The highest BCUT2D eigenvalue weighted by Gasteiger charge is 2.25. The molecular formula is C18H17ClN4O. The molecule has 0 spiro atoms. The number of fused-ring (bicyclic) bond motifs is 3. The van der Waals surface area contributed by atoms with Crippen molar-refractivity contribution in [1.82, 2.24) is 14.8 Å². The number of methoxy groups -OCH3 is 1. The van der Waals surface area contributed by atoms with Gasteiger partial charge in [-0.05, 0) is 30.3 Å². The minimum atomic E-state index is 0.225. The average Bonchev–Trinajstić information content (AvgIpc) is 3.00. The molecule has 4 rings (SSSR count). The molecule has 5 nitrogen and oxygen atoms in total. The summed E-state index contributed by atoms with van der Waals surface area (Å²) >= 11 is 6.24. The summed E-state index contributed by atoms with van der Waals surface area (Å²) in [5.74, 6) is 2.71. The maximum absolute atomic E-state index is 6.24. The van der Waals surface area contributed by atoms with Gasteiger partial charge in [0.2, 0.25) is 0 Å². The number of hydrogen-bond acceptors (Lipinski definition) is 4. The first-order valence-corrected chi connectivity index (χ1v) is 8.18. The van der Waals surface area contributed by atoms with Gasteiger partial charge in [0.25, 0.3) is 0 Å². The second-order valence-electron chi connectivity index (χ2n) is 5.89. The van der Waals surface area contributed by atoms with Crippen LogP contribution in [-0.2, 0) is 0 Å². The van der Waals surface area contributed by atoms with Crippen LogP contribution in [0.25, 0.3) is 17.1 Å². The molecule has 0 fully saturated rings. The van der Waals surface area contributed by atoms with Crippen molar-refractivity contribution in [3.8, 4) is 22.8 Å². The molecule has 1 unspecified atom stereocenters. The van der Waals surface area contributed by atoms with E-state index in [2.05, 4.69) is 27.0 Å². The topological polar surface area (TPSA) is 52.0 Å². The third kappa shape index (κ3) is 2.41. The molecule has 0 radical (unpaired) electrons. The Kier molecular flexibility index (Phi) is 3.65. The summed E-state index contributed by atoms with van der Waals surface area (Å²) in [5.41, 5.74) is 2.94. The molecule has 1 N–H and O–H groups in total. The molecule has 1 aliphatic heterocycles. The number of rotatable bonds is 2. The summed E-state index contributed by atoms with van der Waals surface area (Å²) in [6.45, 7) is 2.93. The van der Waals surface area contributed by atoms with E-state index in [1.54, 1.807) is 7.11 Å². The highest BCUT2D eigenvalue weighted by atomic mass is 35.5. The number of benzene rings is 2. The second-order valence-corrected chi connectivity index (χ2v) is 6.33. The predicted octanol–water partition coefficient (Wildman–Crippen LogP) is 4.13. The fourth-order valence-corrected chi connectivity index (χ4v) is 3.16. The van der Waals surface area contributed by atoms with Gasteiger partial charge < -0.3 is 10.1 Å². The van der Waals surface area contributed by atoms with Crippen LogP contribution in [0, 0.1) is 0 Å². The predicted molar refractivity (Wildman–Crippen MR) is 95.3 cm³/mol. The van der Waals surface area contributed by atoms with Crippen molar-refractivity contribution in [2.75, 3.05) is 19.0 Å². The van der Waals surface area contributed by atoms with E-state index in [0.717, 1.165) is 40.9 Å². The molecule has 0 bridgehead atoms. The average molecular weight is 341 g/mol. The molecule has 2 aromatic carbocycles. The van der Waals surface area contributed by atoms with Crippen molar-refractivity contribution in [1.29, 1.82) is 0 Å². The molecule has 0 aliphatic carbocycles. The van der Waals surface area contributed by atoms with Crippen molar-refractivity contribution < 1.29 is 4.74 Å². The standard InChI is InChI=1S/C18H17ClN4O/c1-11-10-20-15-7-6-13(19)9-16(15)23-17(11)21-22-18(23)12-4-3-5-14(8-12)24-2/h3-9,11,20H,10H2,1-2H3. The summed E-state index contributed by atoms with van der Waals surface area (Å²) in [4.78, 5) is 0. The van der Waals surface area contributed by atoms with Crippen LogP contribution in [-0.4, -0.2) is 28.4 Å². The lowest BCUT2D eigenvalue weighted by atomic mass is 10.1. The Bertz CT molecular complexity index is 906. The van der Waals surface area contributed by atoms with Crippen LogP contribution in [0.2, 0.25) is 5.02 Å². The first-order valence-electron chi connectivity index (χ1n) is 7.81. The van der Waals surface area contributed by atoms with Crippen molar-refractivity contribution in [2.45, 2.75) is 12.8 Å². The van der Waals surface area contributed by atoms with E-state index in [1.807, 2.05) is 42.5 Å². The molecule has 1 aromatic heterocycles. The maximum Gasteiger partial charge on any atom is 0.168 e. The van der Waals surface area contributed by atoms with Gasteiger partial charge in [-0.2, -0.15) is 0 Å². The maximum atomic E-state index is 6.24. The summed E-state index contributed by atoms with van der Waals surface area (Å²) in [6.07, 6.45) is 0. The van der Waals surface area contributed by atoms with E-state index in [1.165, 1.54) is 0 Å². The molecule has 0 saturated heterocycles. The fraction of sp³-hybridized carbons (Fsp3) is 0.222. The van der Waals surface area contributed by atoms with Crippen LogP contribution in [0.5, 0.6) is 5.75 Å². The van der Waals surface area contributed by atoms with Gasteiger partial charge in [-0.1, -0.05) is 30.7 Å². The van der Waals surface area contributed by atoms with Crippen LogP contribution in [0.3, 0.4) is 0 Å². The lowest BCUT2D eigenvalue weighted by Crippen LogP contribution is -2.09. The van der Waals surface area contributed by atoms with Gasteiger partial charge in [-0.3, -0.25) is 4.57 Å². The van der Waals surface area contributed by atoms with Gasteiger partial charge in [0.15, 0.2) is 5.82 Å². The summed E-state index contributed by atoms with van der Waals surface area (Å²) < 4.78 is 7.42. The van der Waals surface area contributed by atoms with Crippen LogP contribution < -0.4 is 10.1 Å². The van der Waals surface area contributed by atoms with Gasteiger partial charge in [0.05, 0.1) is 18.5 Å². The molecule has 122 valence electrons. The number of ether oxygens (including phenoxy) is 1. The Labute approximate surface area is 145 Å². The number of halogens is 1. The van der Waals surface area contributed by atoms with Crippen LogP contribution >= 0.6 is 11.6 Å². The smallest absolute Gasteiger partial charge is 0.168 e. The Morgan fingerprint density at radius 3 is 2.92 bits per heavy atom. The minimum absolute atomic E-state index is 0.225. The summed E-state index contributed by atoms with van der Waals surface area (Å²) in [7, 11) is 1.66.